The average molecular weight is 493 g/mol. The predicted octanol–water partition coefficient (Wildman–Crippen LogP) is 4.99. The molecule has 0 fully saturated rings. The molecule has 0 spiro atoms. The van der Waals surface area contributed by atoms with E-state index in [2.05, 4.69) is 21.7 Å². The molecule has 1 aromatic heterocycles. The number of nitrogens with zero attached hydrogens (tertiary/aromatic N) is 1. The van der Waals surface area contributed by atoms with E-state index in [1.165, 1.54) is 0 Å². The van der Waals surface area contributed by atoms with E-state index in [1.54, 1.807) is 4.90 Å². The third-order valence-electron chi connectivity index (χ3n) is 6.44. The highest BCUT2D eigenvalue weighted by Crippen LogP contribution is 2.30. The Kier molecular flexibility index (Phi) is 6.57. The summed E-state index contributed by atoms with van der Waals surface area (Å²) < 4.78 is 0. The first-order chi connectivity index (χ1) is 17.8. The van der Waals surface area contributed by atoms with E-state index in [0.29, 0.717) is 24.4 Å². The number of para-hydroxylation sites is 1. The Balaban J connectivity index is 1.62. The summed E-state index contributed by atoms with van der Waals surface area (Å²) in [5.74, 6) is -0.415. The summed E-state index contributed by atoms with van der Waals surface area (Å²) in [5, 5.41) is 7.63. The second-order valence-corrected chi connectivity index (χ2v) is 10.5. The van der Waals surface area contributed by atoms with Gasteiger partial charge in [-0.05, 0) is 43.5 Å². The molecule has 1 atom stereocenters. The zero-order valence-electron chi connectivity index (χ0n) is 21.4. The summed E-state index contributed by atoms with van der Waals surface area (Å²) in [7, 11) is 0. The lowest BCUT2D eigenvalue weighted by Gasteiger charge is -2.38. The number of carbonyl (C=O) groups excluding carboxylic acids is 2. The number of benzene rings is 3. The van der Waals surface area contributed by atoms with Crippen molar-refractivity contribution in [2.75, 3.05) is 0 Å². The average Bonchev–Trinajstić information content (AvgIpc) is 3.29. The first-order valence-corrected chi connectivity index (χ1v) is 12.6. The van der Waals surface area contributed by atoms with Crippen LogP contribution in [0.5, 0.6) is 0 Å². The van der Waals surface area contributed by atoms with Crippen molar-refractivity contribution in [1.82, 2.24) is 20.5 Å². The van der Waals surface area contributed by atoms with Crippen molar-refractivity contribution in [3.05, 3.63) is 114 Å². The van der Waals surface area contributed by atoms with Crippen molar-refractivity contribution >= 4 is 28.4 Å². The van der Waals surface area contributed by atoms with Gasteiger partial charge in [-0.1, -0.05) is 78.9 Å². The maximum absolute atomic E-state index is 14.1. The van der Waals surface area contributed by atoms with Crippen LogP contribution in [0.2, 0.25) is 0 Å². The molecule has 6 heteroatoms. The molecule has 1 aliphatic rings. The number of hydrogen-bond donors (Lipinski definition) is 3. The Bertz CT molecular complexity index is 1450. The number of H-pyrrole nitrogens is 1. The lowest BCUT2D eigenvalue weighted by Crippen LogP contribution is -2.55. The van der Waals surface area contributed by atoms with Crippen LogP contribution in [-0.2, 0) is 22.6 Å². The van der Waals surface area contributed by atoms with Gasteiger partial charge in [0.15, 0.2) is 0 Å². The van der Waals surface area contributed by atoms with Crippen LogP contribution >= 0.6 is 0 Å². The van der Waals surface area contributed by atoms with Gasteiger partial charge in [-0.3, -0.25) is 14.5 Å². The zero-order valence-corrected chi connectivity index (χ0v) is 21.4. The fourth-order valence-corrected chi connectivity index (χ4v) is 4.78. The monoisotopic (exact) mass is 492 g/mol. The summed E-state index contributed by atoms with van der Waals surface area (Å²) in [6.45, 7) is 6.11. The van der Waals surface area contributed by atoms with Gasteiger partial charge in [-0.25, -0.2) is 0 Å². The third-order valence-corrected chi connectivity index (χ3v) is 6.44. The summed E-state index contributed by atoms with van der Waals surface area (Å²) in [5.41, 5.74) is 4.43. The molecule has 2 heterocycles. The molecule has 0 radical (unpaired) electrons. The molecule has 0 unspecified atom stereocenters. The minimum atomic E-state index is -0.538. The minimum absolute atomic E-state index is 0.132. The molecule has 2 amide bonds. The van der Waals surface area contributed by atoms with Crippen LogP contribution in [0.15, 0.2) is 96.8 Å². The second kappa shape index (κ2) is 9.97. The topological polar surface area (TPSA) is 77.2 Å². The summed E-state index contributed by atoms with van der Waals surface area (Å²) in [4.78, 5) is 32.8. The largest absolute Gasteiger partial charge is 0.371 e. The van der Waals surface area contributed by atoms with E-state index >= 15 is 0 Å². The molecule has 1 aliphatic heterocycles. The van der Waals surface area contributed by atoms with Crippen LogP contribution in [0.4, 0.5) is 0 Å². The van der Waals surface area contributed by atoms with Crippen molar-refractivity contribution in [3.63, 3.8) is 0 Å². The standard InChI is InChI=1S/C31H32N4O2/c1-31(2,3)34-29(36)28-27(22-14-8-5-9-15-22)33-26(18-23-19-32-25-17-11-10-16-24(23)25)30(37)35(28)20-21-12-6-4-7-13-21/h4-17,19,26,32-33H,18,20H2,1-3H3,(H,34,36)/t26-/m1/s1. The molecule has 3 aromatic carbocycles. The van der Waals surface area contributed by atoms with Gasteiger partial charge in [0.1, 0.15) is 11.7 Å². The normalized spacial score (nSPS) is 16.1. The molecular formula is C31H32N4O2. The molecule has 3 N–H and O–H groups in total. The maximum Gasteiger partial charge on any atom is 0.270 e. The number of hydrogen-bond acceptors (Lipinski definition) is 3. The van der Waals surface area contributed by atoms with Crippen molar-refractivity contribution < 1.29 is 9.59 Å². The Morgan fingerprint density at radius 3 is 2.27 bits per heavy atom. The van der Waals surface area contributed by atoms with Crippen LogP contribution < -0.4 is 10.6 Å². The zero-order chi connectivity index (χ0) is 26.0. The molecular weight excluding hydrogens is 460 g/mol. The van der Waals surface area contributed by atoms with E-state index < -0.39 is 11.6 Å². The number of nitrogens with one attached hydrogen (secondary N) is 3. The van der Waals surface area contributed by atoms with E-state index in [-0.39, 0.29) is 11.8 Å². The van der Waals surface area contributed by atoms with Gasteiger partial charge in [0, 0.05) is 29.1 Å². The number of amides is 2. The second-order valence-electron chi connectivity index (χ2n) is 10.5. The molecule has 6 nitrogen and oxygen atoms in total. The van der Waals surface area contributed by atoms with Gasteiger partial charge in [0.25, 0.3) is 5.91 Å². The van der Waals surface area contributed by atoms with E-state index in [0.717, 1.165) is 27.6 Å². The molecule has 5 rings (SSSR count). The number of fused-ring (bicyclic) bond motifs is 1. The fourth-order valence-electron chi connectivity index (χ4n) is 4.78. The lowest BCUT2D eigenvalue weighted by atomic mass is 9.97. The highest BCUT2D eigenvalue weighted by Gasteiger charge is 2.39. The van der Waals surface area contributed by atoms with Gasteiger partial charge in [-0.2, -0.15) is 0 Å². The highest BCUT2D eigenvalue weighted by atomic mass is 16.2. The fraction of sp³-hybridized carbons (Fsp3) is 0.226. The highest BCUT2D eigenvalue weighted by molar-refractivity contribution is 6.07. The number of aromatic amines is 1. The van der Waals surface area contributed by atoms with E-state index in [9.17, 15) is 9.59 Å². The molecule has 188 valence electrons. The van der Waals surface area contributed by atoms with Crippen LogP contribution in [0.3, 0.4) is 0 Å². The van der Waals surface area contributed by atoms with Crippen molar-refractivity contribution in [2.45, 2.75) is 45.3 Å². The molecule has 0 aliphatic carbocycles. The van der Waals surface area contributed by atoms with Gasteiger partial charge in [-0.15, -0.1) is 0 Å². The molecule has 0 saturated carbocycles. The minimum Gasteiger partial charge on any atom is -0.371 e. The lowest BCUT2D eigenvalue weighted by molar-refractivity contribution is -0.135. The van der Waals surface area contributed by atoms with Crippen LogP contribution in [-0.4, -0.2) is 33.3 Å². The van der Waals surface area contributed by atoms with Crippen LogP contribution in [0, 0.1) is 0 Å². The van der Waals surface area contributed by atoms with Gasteiger partial charge in [0.05, 0.1) is 12.2 Å². The SMILES string of the molecule is CC(C)(C)NC(=O)C1=C(c2ccccc2)N[C@H](Cc2c[nH]c3ccccc23)C(=O)N1Cc1ccccc1. The molecule has 0 bridgehead atoms. The van der Waals surface area contributed by atoms with E-state index in [1.807, 2.05) is 106 Å². The molecule has 4 aromatic rings. The number of rotatable bonds is 6. The first-order valence-electron chi connectivity index (χ1n) is 12.6. The van der Waals surface area contributed by atoms with Crippen LogP contribution in [0.25, 0.3) is 16.6 Å². The summed E-state index contributed by atoms with van der Waals surface area (Å²) in [6, 6.07) is 27.1. The maximum atomic E-state index is 14.1. The smallest absolute Gasteiger partial charge is 0.270 e. The van der Waals surface area contributed by atoms with Crippen molar-refractivity contribution in [2.24, 2.45) is 0 Å². The summed E-state index contributed by atoms with van der Waals surface area (Å²) in [6.07, 6.45) is 2.45. The van der Waals surface area contributed by atoms with Crippen LogP contribution in [0.1, 0.15) is 37.5 Å². The third kappa shape index (κ3) is 5.28. The Labute approximate surface area is 217 Å². The quantitative estimate of drug-likeness (QED) is 0.355. The first kappa shape index (κ1) is 24.4. The number of aromatic nitrogens is 1. The Morgan fingerprint density at radius 2 is 1.57 bits per heavy atom. The van der Waals surface area contributed by atoms with Crippen molar-refractivity contribution in [1.29, 1.82) is 0 Å². The Hall–Kier alpha value is -4.32. The molecule has 37 heavy (non-hydrogen) atoms. The van der Waals surface area contributed by atoms with Gasteiger partial charge in [0.2, 0.25) is 5.91 Å². The Morgan fingerprint density at radius 1 is 0.919 bits per heavy atom. The van der Waals surface area contributed by atoms with E-state index in [4.69, 9.17) is 0 Å². The van der Waals surface area contributed by atoms with Crippen molar-refractivity contribution in [3.8, 4) is 0 Å². The summed E-state index contributed by atoms with van der Waals surface area (Å²) >= 11 is 0. The number of carbonyl (C=O) groups is 2. The molecule has 0 saturated heterocycles. The predicted molar refractivity (Wildman–Crippen MR) is 147 cm³/mol. The van der Waals surface area contributed by atoms with Gasteiger partial charge < -0.3 is 15.6 Å². The van der Waals surface area contributed by atoms with Gasteiger partial charge >= 0.3 is 0 Å².